The first-order valence-corrected chi connectivity index (χ1v) is 10.2. The summed E-state index contributed by atoms with van der Waals surface area (Å²) in [6, 6.07) is 25.0. The molecule has 0 unspecified atom stereocenters. The number of nitrogens with one attached hydrogen (secondary N) is 1. The zero-order valence-corrected chi connectivity index (χ0v) is 17.5. The van der Waals surface area contributed by atoms with Crippen molar-refractivity contribution in [3.8, 4) is 5.75 Å². The van der Waals surface area contributed by atoms with Gasteiger partial charge in [0.1, 0.15) is 12.4 Å². The van der Waals surface area contributed by atoms with Crippen molar-refractivity contribution in [2.24, 2.45) is 5.92 Å². The van der Waals surface area contributed by atoms with E-state index in [-0.39, 0.29) is 11.9 Å². The maximum absolute atomic E-state index is 13.1. The van der Waals surface area contributed by atoms with Crippen LogP contribution in [0.15, 0.2) is 78.9 Å². The van der Waals surface area contributed by atoms with Crippen LogP contribution in [0.1, 0.15) is 47.8 Å². The third-order valence-corrected chi connectivity index (χ3v) is 4.87. The molecule has 0 aliphatic heterocycles. The molecule has 0 aromatic heterocycles. The second-order valence-corrected chi connectivity index (χ2v) is 7.92. The van der Waals surface area contributed by atoms with Gasteiger partial charge in [0.25, 0.3) is 5.91 Å². The number of amides is 1. The summed E-state index contributed by atoms with van der Waals surface area (Å²) in [5, 5.41) is 3.67. The maximum Gasteiger partial charge on any atom is 0.255 e. The molecule has 0 saturated heterocycles. The Hall–Kier alpha value is -2.78. The monoisotopic (exact) mass is 407 g/mol. The number of hydrogen-bond acceptors (Lipinski definition) is 2. The molecule has 3 aromatic carbocycles. The lowest BCUT2D eigenvalue weighted by Gasteiger charge is -2.22. The van der Waals surface area contributed by atoms with Crippen LogP contribution in [0.4, 0.5) is 0 Å². The quantitative estimate of drug-likeness (QED) is 0.466. The van der Waals surface area contributed by atoms with E-state index in [4.69, 9.17) is 16.3 Å². The molecule has 0 fully saturated rings. The van der Waals surface area contributed by atoms with Gasteiger partial charge in [0.05, 0.1) is 11.6 Å². The fourth-order valence-corrected chi connectivity index (χ4v) is 3.38. The zero-order chi connectivity index (χ0) is 20.6. The van der Waals surface area contributed by atoms with Crippen molar-refractivity contribution >= 4 is 17.5 Å². The Morgan fingerprint density at radius 2 is 1.62 bits per heavy atom. The van der Waals surface area contributed by atoms with Crippen LogP contribution in [0.2, 0.25) is 5.02 Å². The van der Waals surface area contributed by atoms with Crippen LogP contribution in [-0.2, 0) is 6.61 Å². The summed E-state index contributed by atoms with van der Waals surface area (Å²) in [7, 11) is 0. The van der Waals surface area contributed by atoms with Gasteiger partial charge in [-0.2, -0.15) is 0 Å². The van der Waals surface area contributed by atoms with Crippen molar-refractivity contribution in [3.05, 3.63) is 101 Å². The van der Waals surface area contributed by atoms with Gasteiger partial charge in [0, 0.05) is 5.02 Å². The predicted octanol–water partition coefficient (Wildman–Crippen LogP) is 6.44. The predicted molar refractivity (Wildman–Crippen MR) is 118 cm³/mol. The second-order valence-electron chi connectivity index (χ2n) is 7.48. The summed E-state index contributed by atoms with van der Waals surface area (Å²) in [5.74, 6) is 0.769. The number of rotatable bonds is 8. The Bertz CT molecular complexity index is 926. The van der Waals surface area contributed by atoms with E-state index in [1.807, 2.05) is 60.7 Å². The van der Waals surface area contributed by atoms with E-state index in [2.05, 4.69) is 19.2 Å². The molecule has 0 saturated carbocycles. The standard InChI is InChI=1S/C25H26ClNO2/c1-18(2)15-23(20-11-7-4-8-12-20)27-25(28)22-16-21(26)13-14-24(22)29-17-19-9-5-3-6-10-19/h3-14,16,18,23H,15,17H2,1-2H3,(H,27,28)/t23-/m0/s1. The molecule has 0 bridgehead atoms. The summed E-state index contributed by atoms with van der Waals surface area (Å²) >= 11 is 6.18. The topological polar surface area (TPSA) is 38.3 Å². The highest BCUT2D eigenvalue weighted by Crippen LogP contribution is 2.27. The van der Waals surface area contributed by atoms with Gasteiger partial charge in [-0.1, -0.05) is 86.1 Å². The van der Waals surface area contributed by atoms with Gasteiger partial charge in [0.2, 0.25) is 0 Å². The molecule has 150 valence electrons. The van der Waals surface area contributed by atoms with Crippen LogP contribution in [-0.4, -0.2) is 5.91 Å². The van der Waals surface area contributed by atoms with Crippen LogP contribution in [0.5, 0.6) is 5.75 Å². The average Bonchev–Trinajstić information content (AvgIpc) is 2.73. The highest BCUT2D eigenvalue weighted by atomic mass is 35.5. The first kappa shape index (κ1) is 20.9. The van der Waals surface area contributed by atoms with E-state index < -0.39 is 0 Å². The lowest BCUT2D eigenvalue weighted by molar-refractivity contribution is 0.0927. The van der Waals surface area contributed by atoms with E-state index in [1.54, 1.807) is 18.2 Å². The number of carbonyl (C=O) groups is 1. The fraction of sp³-hybridized carbons (Fsp3) is 0.240. The highest BCUT2D eigenvalue weighted by molar-refractivity contribution is 6.31. The van der Waals surface area contributed by atoms with Crippen molar-refractivity contribution < 1.29 is 9.53 Å². The summed E-state index contributed by atoms with van der Waals surface area (Å²) in [5.41, 5.74) is 2.57. The third-order valence-electron chi connectivity index (χ3n) is 4.64. The Morgan fingerprint density at radius 1 is 0.966 bits per heavy atom. The molecular weight excluding hydrogens is 382 g/mol. The van der Waals surface area contributed by atoms with Crippen LogP contribution < -0.4 is 10.1 Å². The average molecular weight is 408 g/mol. The van der Waals surface area contributed by atoms with Crippen LogP contribution in [0.25, 0.3) is 0 Å². The minimum absolute atomic E-state index is 0.0790. The van der Waals surface area contributed by atoms with E-state index in [0.717, 1.165) is 17.5 Å². The fourth-order valence-electron chi connectivity index (χ4n) is 3.21. The smallest absolute Gasteiger partial charge is 0.255 e. The van der Waals surface area contributed by atoms with Crippen molar-refractivity contribution in [1.29, 1.82) is 0 Å². The van der Waals surface area contributed by atoms with E-state index in [1.165, 1.54) is 0 Å². The first-order valence-electron chi connectivity index (χ1n) is 9.85. The van der Waals surface area contributed by atoms with Crippen molar-refractivity contribution in [3.63, 3.8) is 0 Å². The van der Waals surface area contributed by atoms with E-state index >= 15 is 0 Å². The normalized spacial score (nSPS) is 11.9. The molecule has 0 spiro atoms. The van der Waals surface area contributed by atoms with Crippen LogP contribution in [0, 0.1) is 5.92 Å². The molecule has 1 amide bonds. The number of hydrogen-bond donors (Lipinski definition) is 1. The maximum atomic E-state index is 13.1. The van der Waals surface area contributed by atoms with Gasteiger partial charge in [0.15, 0.2) is 0 Å². The van der Waals surface area contributed by atoms with Gasteiger partial charge < -0.3 is 10.1 Å². The lowest BCUT2D eigenvalue weighted by Crippen LogP contribution is -2.30. The number of carbonyl (C=O) groups excluding carboxylic acids is 1. The number of ether oxygens (including phenoxy) is 1. The summed E-state index contributed by atoms with van der Waals surface area (Å²) in [6.45, 7) is 4.68. The van der Waals surface area contributed by atoms with Crippen molar-refractivity contribution in [2.45, 2.75) is 32.9 Å². The molecule has 0 aliphatic carbocycles. The molecule has 3 rings (SSSR count). The van der Waals surface area contributed by atoms with E-state index in [9.17, 15) is 4.79 Å². The molecule has 1 atom stereocenters. The summed E-state index contributed by atoms with van der Waals surface area (Å²) < 4.78 is 5.95. The second kappa shape index (κ2) is 10.1. The Labute approximate surface area is 177 Å². The molecule has 4 heteroatoms. The summed E-state index contributed by atoms with van der Waals surface area (Å²) in [4.78, 5) is 13.1. The SMILES string of the molecule is CC(C)C[C@H](NC(=O)c1cc(Cl)ccc1OCc1ccccc1)c1ccccc1. The van der Waals surface area contributed by atoms with Crippen molar-refractivity contribution in [1.82, 2.24) is 5.32 Å². The van der Waals surface area contributed by atoms with Crippen LogP contribution in [0.3, 0.4) is 0 Å². The minimum Gasteiger partial charge on any atom is -0.488 e. The van der Waals surface area contributed by atoms with Gasteiger partial charge >= 0.3 is 0 Å². The first-order chi connectivity index (χ1) is 14.0. The lowest BCUT2D eigenvalue weighted by atomic mass is 9.96. The van der Waals surface area contributed by atoms with Crippen LogP contribution >= 0.6 is 11.6 Å². The minimum atomic E-state index is -0.190. The van der Waals surface area contributed by atoms with Gasteiger partial charge in [-0.3, -0.25) is 4.79 Å². The van der Waals surface area contributed by atoms with Gasteiger partial charge in [-0.15, -0.1) is 0 Å². The summed E-state index contributed by atoms with van der Waals surface area (Å²) in [6.07, 6.45) is 0.844. The molecule has 29 heavy (non-hydrogen) atoms. The Kier molecular flexibility index (Phi) is 7.31. The van der Waals surface area contributed by atoms with Gasteiger partial charge in [-0.25, -0.2) is 0 Å². The molecule has 3 aromatic rings. The third kappa shape index (κ3) is 6.10. The number of benzene rings is 3. The largest absolute Gasteiger partial charge is 0.488 e. The molecule has 3 nitrogen and oxygen atoms in total. The zero-order valence-electron chi connectivity index (χ0n) is 16.8. The Morgan fingerprint density at radius 3 is 2.28 bits per heavy atom. The molecule has 0 heterocycles. The molecule has 1 N–H and O–H groups in total. The number of halogens is 1. The molecule has 0 aliphatic rings. The van der Waals surface area contributed by atoms with Crippen molar-refractivity contribution in [2.75, 3.05) is 0 Å². The Balaban J connectivity index is 1.80. The van der Waals surface area contributed by atoms with E-state index in [0.29, 0.717) is 28.9 Å². The highest BCUT2D eigenvalue weighted by Gasteiger charge is 2.20. The molecular formula is C25H26ClNO2. The van der Waals surface area contributed by atoms with Gasteiger partial charge in [-0.05, 0) is 41.7 Å². The molecule has 0 radical (unpaired) electrons.